The summed E-state index contributed by atoms with van der Waals surface area (Å²) in [5, 5.41) is 2.70. The Morgan fingerprint density at radius 3 is 2.65 bits per heavy atom. The van der Waals surface area contributed by atoms with Crippen LogP contribution in [0.4, 0.5) is 0 Å². The Hall–Kier alpha value is -1.19. The van der Waals surface area contributed by atoms with Gasteiger partial charge in [-0.15, -0.1) is 0 Å². The van der Waals surface area contributed by atoms with Crippen LogP contribution < -0.4 is 5.32 Å². The highest BCUT2D eigenvalue weighted by atomic mass is 32.2. The van der Waals surface area contributed by atoms with E-state index in [1.165, 1.54) is 25.4 Å². The number of methoxy groups -OCH3 is 1. The van der Waals surface area contributed by atoms with Crippen LogP contribution in [0.3, 0.4) is 0 Å². The fourth-order valence-electron chi connectivity index (χ4n) is 2.01. The van der Waals surface area contributed by atoms with Crippen LogP contribution in [0, 0.1) is 0 Å². The summed E-state index contributed by atoms with van der Waals surface area (Å²) in [6, 6.07) is -0.156. The van der Waals surface area contributed by atoms with Gasteiger partial charge in [-0.3, -0.25) is 9.59 Å². The van der Waals surface area contributed by atoms with E-state index in [1.54, 1.807) is 0 Å². The molecule has 20 heavy (non-hydrogen) atoms. The van der Waals surface area contributed by atoms with E-state index in [4.69, 9.17) is 0 Å². The molecule has 9 heteroatoms. The lowest BCUT2D eigenvalue weighted by atomic mass is 10.3. The van der Waals surface area contributed by atoms with E-state index in [0.29, 0.717) is 13.0 Å². The largest absolute Gasteiger partial charge is 0.469 e. The van der Waals surface area contributed by atoms with Crippen molar-refractivity contribution in [3.05, 3.63) is 0 Å². The van der Waals surface area contributed by atoms with E-state index in [2.05, 4.69) is 10.1 Å². The van der Waals surface area contributed by atoms with Gasteiger partial charge in [0.25, 0.3) is 10.2 Å². The molecular weight excluding hydrogens is 286 g/mol. The number of nitrogens with zero attached hydrogens (tertiary/aromatic N) is 2. The summed E-state index contributed by atoms with van der Waals surface area (Å²) in [4.78, 5) is 22.0. The smallest absolute Gasteiger partial charge is 0.306 e. The van der Waals surface area contributed by atoms with Crippen LogP contribution >= 0.6 is 0 Å². The molecule has 0 bridgehead atoms. The minimum atomic E-state index is -3.60. The number of nitrogens with one attached hydrogen (secondary N) is 1. The van der Waals surface area contributed by atoms with Crippen molar-refractivity contribution in [1.82, 2.24) is 13.9 Å². The number of carbonyl (C=O) groups excluding carboxylic acids is 2. The summed E-state index contributed by atoms with van der Waals surface area (Å²) >= 11 is 0. The van der Waals surface area contributed by atoms with Crippen molar-refractivity contribution in [1.29, 1.82) is 0 Å². The Morgan fingerprint density at radius 1 is 1.45 bits per heavy atom. The zero-order valence-electron chi connectivity index (χ0n) is 12.0. The van der Waals surface area contributed by atoms with Crippen molar-refractivity contribution in [2.45, 2.75) is 25.8 Å². The second-order valence-electron chi connectivity index (χ2n) is 4.70. The third-order valence-corrected chi connectivity index (χ3v) is 5.09. The maximum Gasteiger partial charge on any atom is 0.306 e. The lowest BCUT2D eigenvalue weighted by molar-refractivity contribution is -0.140. The molecule has 8 nitrogen and oxygen atoms in total. The first-order valence-electron chi connectivity index (χ1n) is 6.32. The van der Waals surface area contributed by atoms with E-state index in [9.17, 15) is 18.0 Å². The zero-order valence-corrected chi connectivity index (χ0v) is 12.8. The molecule has 1 N–H and O–H groups in total. The third kappa shape index (κ3) is 4.43. The van der Waals surface area contributed by atoms with Gasteiger partial charge in [0.1, 0.15) is 0 Å². The summed E-state index contributed by atoms with van der Waals surface area (Å²) in [5.41, 5.74) is 0. The van der Waals surface area contributed by atoms with E-state index in [1.807, 2.05) is 0 Å². The second kappa shape index (κ2) is 7.00. The molecule has 1 amide bonds. The molecule has 1 aliphatic rings. The molecule has 1 saturated heterocycles. The van der Waals surface area contributed by atoms with Crippen LogP contribution in [0.1, 0.15) is 19.8 Å². The SMILES string of the molecule is COC(=O)CCN(C)S(=O)(=O)N1CCC(NC(C)=O)C1. The van der Waals surface area contributed by atoms with E-state index in [-0.39, 0.29) is 31.5 Å². The maximum atomic E-state index is 12.3. The zero-order chi connectivity index (χ0) is 15.3. The van der Waals surface area contributed by atoms with Crippen LogP contribution in [-0.2, 0) is 24.5 Å². The molecule has 116 valence electrons. The predicted molar refractivity (Wildman–Crippen MR) is 72.0 cm³/mol. The molecular formula is C11H21N3O5S. The van der Waals surface area contributed by atoms with Crippen molar-refractivity contribution in [3.63, 3.8) is 0 Å². The van der Waals surface area contributed by atoms with Crippen molar-refractivity contribution in [2.24, 2.45) is 0 Å². The highest BCUT2D eigenvalue weighted by Crippen LogP contribution is 2.16. The highest BCUT2D eigenvalue weighted by molar-refractivity contribution is 7.86. The van der Waals surface area contributed by atoms with Gasteiger partial charge in [-0.25, -0.2) is 0 Å². The molecule has 1 atom stereocenters. The fourth-order valence-corrected chi connectivity index (χ4v) is 3.43. The first-order chi connectivity index (χ1) is 9.27. The first-order valence-corrected chi connectivity index (χ1v) is 7.72. The number of hydrogen-bond acceptors (Lipinski definition) is 5. The molecule has 0 aromatic rings. The minimum absolute atomic E-state index is 0.00912. The molecule has 1 unspecified atom stereocenters. The van der Waals surface area contributed by atoms with E-state index < -0.39 is 16.2 Å². The lowest BCUT2D eigenvalue weighted by Gasteiger charge is -2.23. The van der Waals surface area contributed by atoms with Gasteiger partial charge in [-0.05, 0) is 6.42 Å². The fraction of sp³-hybridized carbons (Fsp3) is 0.818. The van der Waals surface area contributed by atoms with Gasteiger partial charge >= 0.3 is 5.97 Å². The second-order valence-corrected chi connectivity index (χ2v) is 6.73. The number of ether oxygens (including phenoxy) is 1. The monoisotopic (exact) mass is 307 g/mol. The quantitative estimate of drug-likeness (QED) is 0.631. The normalized spacial score (nSPS) is 20.1. The van der Waals surface area contributed by atoms with Crippen LogP contribution in [0.5, 0.6) is 0 Å². The number of esters is 1. The number of carbonyl (C=O) groups is 2. The molecule has 0 saturated carbocycles. The first kappa shape index (κ1) is 16.9. The number of hydrogen-bond donors (Lipinski definition) is 1. The topological polar surface area (TPSA) is 96.0 Å². The lowest BCUT2D eigenvalue weighted by Crippen LogP contribution is -2.43. The van der Waals surface area contributed by atoms with E-state index >= 15 is 0 Å². The van der Waals surface area contributed by atoms with Gasteiger partial charge in [-0.2, -0.15) is 17.0 Å². The van der Waals surface area contributed by atoms with E-state index in [0.717, 1.165) is 4.31 Å². The Bertz CT molecular complexity index is 465. The molecule has 1 heterocycles. The molecule has 0 aliphatic carbocycles. The molecule has 1 fully saturated rings. The molecule has 0 spiro atoms. The minimum Gasteiger partial charge on any atom is -0.469 e. The van der Waals surface area contributed by atoms with Crippen molar-refractivity contribution in [2.75, 3.05) is 33.8 Å². The Morgan fingerprint density at radius 2 is 2.10 bits per heavy atom. The Balaban J connectivity index is 2.56. The van der Waals surface area contributed by atoms with Gasteiger partial charge in [-0.1, -0.05) is 0 Å². The summed E-state index contributed by atoms with van der Waals surface area (Å²) < 4.78 is 31.4. The van der Waals surface area contributed by atoms with Gasteiger partial charge in [0.05, 0.1) is 13.5 Å². The summed E-state index contributed by atoms with van der Waals surface area (Å²) in [7, 11) is -0.924. The molecule has 1 aliphatic heterocycles. The van der Waals surface area contributed by atoms with Crippen LogP contribution in [0.15, 0.2) is 0 Å². The van der Waals surface area contributed by atoms with Crippen LogP contribution in [0.25, 0.3) is 0 Å². The van der Waals surface area contributed by atoms with Gasteiger partial charge < -0.3 is 10.1 Å². The molecule has 0 aromatic heterocycles. The average Bonchev–Trinajstić information content (AvgIpc) is 2.83. The average molecular weight is 307 g/mol. The predicted octanol–water partition coefficient (Wildman–Crippen LogP) is -1.06. The number of amides is 1. The third-order valence-electron chi connectivity index (χ3n) is 3.14. The van der Waals surface area contributed by atoms with Crippen molar-refractivity contribution in [3.8, 4) is 0 Å². The molecule has 0 aromatic carbocycles. The standard InChI is InChI=1S/C11H21N3O5S/c1-9(15)12-10-4-7-14(8-10)20(17,18)13(2)6-5-11(16)19-3/h10H,4-8H2,1-3H3,(H,12,15). The Labute approximate surface area is 119 Å². The summed E-state index contributed by atoms with van der Waals surface area (Å²) in [6.45, 7) is 2.08. The van der Waals surface area contributed by atoms with Crippen LogP contribution in [-0.4, -0.2) is 68.7 Å². The van der Waals surface area contributed by atoms with Crippen LogP contribution in [0.2, 0.25) is 0 Å². The van der Waals surface area contributed by atoms with Gasteiger partial charge in [0.2, 0.25) is 5.91 Å². The highest BCUT2D eigenvalue weighted by Gasteiger charge is 2.34. The molecule has 0 radical (unpaired) electrons. The van der Waals surface area contributed by atoms with Gasteiger partial charge in [0, 0.05) is 39.6 Å². The summed E-state index contributed by atoms with van der Waals surface area (Å²) in [5.74, 6) is -0.627. The number of rotatable bonds is 6. The Kier molecular flexibility index (Phi) is 5.90. The van der Waals surface area contributed by atoms with Gasteiger partial charge in [0.15, 0.2) is 0 Å². The summed E-state index contributed by atoms with van der Waals surface area (Å²) in [6.07, 6.45) is 0.596. The maximum absolute atomic E-state index is 12.3. The molecule has 1 rings (SSSR count). The van der Waals surface area contributed by atoms with Crippen molar-refractivity contribution < 1.29 is 22.7 Å². The van der Waals surface area contributed by atoms with Crippen molar-refractivity contribution >= 4 is 22.1 Å².